The van der Waals surface area contributed by atoms with Gasteiger partial charge in [-0.15, -0.1) is 0 Å². The molecule has 104 valence electrons. The van der Waals surface area contributed by atoms with Crippen molar-refractivity contribution in [2.75, 3.05) is 13.1 Å². The monoisotopic (exact) mass is 322 g/mol. The molecule has 0 saturated heterocycles. The quantitative estimate of drug-likeness (QED) is 0.829. The zero-order chi connectivity index (χ0) is 13.2. The Balaban J connectivity index is 1.53. The standard InChI is InChI=1S/C16H23BrN2/c17-15-4-2-1-3-14(15)16(18)9-10-19(13-7-8-13)11-12-5-6-12/h1-4,12-13,16H,5-11,18H2. The maximum Gasteiger partial charge on any atom is 0.0318 e. The number of benzene rings is 1. The Morgan fingerprint density at radius 2 is 1.95 bits per heavy atom. The summed E-state index contributed by atoms with van der Waals surface area (Å²) < 4.78 is 1.14. The maximum absolute atomic E-state index is 6.35. The van der Waals surface area contributed by atoms with Gasteiger partial charge in [-0.25, -0.2) is 0 Å². The first-order chi connectivity index (χ1) is 9.24. The van der Waals surface area contributed by atoms with Crippen LogP contribution >= 0.6 is 15.9 Å². The van der Waals surface area contributed by atoms with E-state index in [1.54, 1.807) is 0 Å². The topological polar surface area (TPSA) is 29.3 Å². The van der Waals surface area contributed by atoms with E-state index < -0.39 is 0 Å². The molecule has 0 heterocycles. The summed E-state index contributed by atoms with van der Waals surface area (Å²) in [6, 6.07) is 9.35. The molecule has 2 fully saturated rings. The first-order valence-corrected chi connectivity index (χ1v) is 8.27. The van der Waals surface area contributed by atoms with Crippen molar-refractivity contribution in [3.63, 3.8) is 0 Å². The number of hydrogen-bond acceptors (Lipinski definition) is 2. The minimum Gasteiger partial charge on any atom is -0.324 e. The van der Waals surface area contributed by atoms with Crippen molar-refractivity contribution < 1.29 is 0 Å². The van der Waals surface area contributed by atoms with Gasteiger partial charge in [0.2, 0.25) is 0 Å². The van der Waals surface area contributed by atoms with Crippen LogP contribution < -0.4 is 5.73 Å². The summed E-state index contributed by atoms with van der Waals surface area (Å²) in [5, 5.41) is 0. The third kappa shape index (κ3) is 3.80. The average molecular weight is 323 g/mol. The Morgan fingerprint density at radius 3 is 2.58 bits per heavy atom. The van der Waals surface area contributed by atoms with Crippen molar-refractivity contribution in [2.45, 2.75) is 44.2 Å². The second-order valence-corrected chi connectivity index (χ2v) is 6.94. The summed E-state index contributed by atoms with van der Waals surface area (Å²) in [5.41, 5.74) is 7.59. The fourth-order valence-corrected chi connectivity index (χ4v) is 3.31. The molecular formula is C16H23BrN2. The molecule has 3 heteroatoms. The molecule has 19 heavy (non-hydrogen) atoms. The van der Waals surface area contributed by atoms with Crippen LogP contribution in [-0.4, -0.2) is 24.0 Å². The highest BCUT2D eigenvalue weighted by molar-refractivity contribution is 9.10. The van der Waals surface area contributed by atoms with Gasteiger partial charge in [-0.1, -0.05) is 34.1 Å². The number of rotatable bonds is 7. The van der Waals surface area contributed by atoms with Gasteiger partial charge in [-0.2, -0.15) is 0 Å². The molecule has 2 nitrogen and oxygen atoms in total. The molecule has 0 spiro atoms. The van der Waals surface area contributed by atoms with Crippen LogP contribution in [0.4, 0.5) is 0 Å². The lowest BCUT2D eigenvalue weighted by atomic mass is 10.0. The van der Waals surface area contributed by atoms with Crippen LogP contribution in [0.3, 0.4) is 0 Å². The van der Waals surface area contributed by atoms with Crippen molar-refractivity contribution in [3.05, 3.63) is 34.3 Å². The van der Waals surface area contributed by atoms with Gasteiger partial charge in [-0.3, -0.25) is 0 Å². The van der Waals surface area contributed by atoms with E-state index in [0.717, 1.165) is 29.4 Å². The summed E-state index contributed by atoms with van der Waals surface area (Å²) in [6.45, 7) is 2.47. The zero-order valence-corrected chi connectivity index (χ0v) is 13.0. The Bertz CT molecular complexity index is 427. The van der Waals surface area contributed by atoms with Gasteiger partial charge in [0.15, 0.2) is 0 Å². The van der Waals surface area contributed by atoms with Gasteiger partial charge in [0.25, 0.3) is 0 Å². The minimum atomic E-state index is 0.149. The van der Waals surface area contributed by atoms with E-state index in [4.69, 9.17) is 5.73 Å². The van der Waals surface area contributed by atoms with Crippen molar-refractivity contribution in [2.24, 2.45) is 11.7 Å². The SMILES string of the molecule is NC(CCN(CC1CC1)C1CC1)c1ccccc1Br. The Kier molecular flexibility index (Phi) is 4.25. The summed E-state index contributed by atoms with van der Waals surface area (Å²) >= 11 is 3.60. The lowest BCUT2D eigenvalue weighted by Crippen LogP contribution is -2.31. The summed E-state index contributed by atoms with van der Waals surface area (Å²) in [4.78, 5) is 2.69. The third-order valence-electron chi connectivity index (χ3n) is 4.28. The molecule has 3 rings (SSSR count). The molecule has 0 aromatic heterocycles. The van der Waals surface area contributed by atoms with E-state index in [1.165, 1.54) is 37.8 Å². The number of hydrogen-bond donors (Lipinski definition) is 1. The van der Waals surface area contributed by atoms with Gasteiger partial charge in [0, 0.05) is 29.6 Å². The zero-order valence-electron chi connectivity index (χ0n) is 11.4. The molecule has 0 aliphatic heterocycles. The van der Waals surface area contributed by atoms with Crippen LogP contribution in [0.2, 0.25) is 0 Å². The molecular weight excluding hydrogens is 300 g/mol. The molecule has 0 bridgehead atoms. The van der Waals surface area contributed by atoms with Gasteiger partial charge in [0.05, 0.1) is 0 Å². The summed E-state index contributed by atoms with van der Waals surface area (Å²) in [6.07, 6.45) is 6.75. The molecule has 2 N–H and O–H groups in total. The molecule has 1 unspecified atom stereocenters. The molecule has 0 radical (unpaired) electrons. The molecule has 0 amide bonds. The van der Waals surface area contributed by atoms with Crippen molar-refractivity contribution in [3.8, 4) is 0 Å². The van der Waals surface area contributed by atoms with Crippen molar-refractivity contribution in [1.29, 1.82) is 0 Å². The predicted octanol–water partition coefficient (Wildman–Crippen LogP) is 3.71. The van der Waals surface area contributed by atoms with E-state index in [9.17, 15) is 0 Å². The highest BCUT2D eigenvalue weighted by Crippen LogP contribution is 2.35. The van der Waals surface area contributed by atoms with E-state index in [2.05, 4.69) is 39.0 Å². The lowest BCUT2D eigenvalue weighted by molar-refractivity contribution is 0.243. The average Bonchev–Trinajstić information content (AvgIpc) is 3.27. The first-order valence-electron chi connectivity index (χ1n) is 7.48. The van der Waals surface area contributed by atoms with Crippen LogP contribution in [0, 0.1) is 5.92 Å². The van der Waals surface area contributed by atoms with E-state index in [-0.39, 0.29) is 6.04 Å². The van der Waals surface area contributed by atoms with Crippen LogP contribution in [0.1, 0.15) is 43.7 Å². The highest BCUT2D eigenvalue weighted by atomic mass is 79.9. The summed E-state index contributed by atoms with van der Waals surface area (Å²) in [5.74, 6) is 0.986. The van der Waals surface area contributed by atoms with Crippen LogP contribution in [0.15, 0.2) is 28.7 Å². The van der Waals surface area contributed by atoms with Crippen molar-refractivity contribution in [1.82, 2.24) is 4.90 Å². The molecule has 2 saturated carbocycles. The van der Waals surface area contributed by atoms with E-state index >= 15 is 0 Å². The normalized spacial score (nSPS) is 20.8. The Labute approximate surface area is 124 Å². The van der Waals surface area contributed by atoms with Gasteiger partial charge >= 0.3 is 0 Å². The molecule has 2 aliphatic carbocycles. The molecule has 1 aromatic carbocycles. The highest BCUT2D eigenvalue weighted by Gasteiger charge is 2.33. The van der Waals surface area contributed by atoms with Crippen LogP contribution in [-0.2, 0) is 0 Å². The van der Waals surface area contributed by atoms with Gasteiger partial charge < -0.3 is 10.6 Å². The second kappa shape index (κ2) is 5.94. The Morgan fingerprint density at radius 1 is 1.21 bits per heavy atom. The molecule has 1 atom stereocenters. The molecule has 2 aliphatic rings. The fourth-order valence-electron chi connectivity index (χ4n) is 2.73. The smallest absolute Gasteiger partial charge is 0.0318 e. The molecule has 1 aromatic rings. The Hall–Kier alpha value is -0.380. The minimum absolute atomic E-state index is 0.149. The number of halogens is 1. The van der Waals surface area contributed by atoms with Gasteiger partial charge in [-0.05, 0) is 49.7 Å². The lowest BCUT2D eigenvalue weighted by Gasteiger charge is -2.24. The van der Waals surface area contributed by atoms with Crippen molar-refractivity contribution >= 4 is 15.9 Å². The van der Waals surface area contributed by atoms with Crippen LogP contribution in [0.25, 0.3) is 0 Å². The number of nitrogens with two attached hydrogens (primary N) is 1. The largest absolute Gasteiger partial charge is 0.324 e. The second-order valence-electron chi connectivity index (χ2n) is 6.09. The fraction of sp³-hybridized carbons (Fsp3) is 0.625. The third-order valence-corrected chi connectivity index (χ3v) is 5.01. The number of nitrogens with zero attached hydrogens (tertiary/aromatic N) is 1. The summed E-state index contributed by atoms with van der Waals surface area (Å²) in [7, 11) is 0. The van der Waals surface area contributed by atoms with E-state index in [0.29, 0.717) is 0 Å². The first kappa shape index (κ1) is 13.6. The maximum atomic E-state index is 6.35. The van der Waals surface area contributed by atoms with E-state index in [1.807, 2.05) is 6.07 Å². The van der Waals surface area contributed by atoms with Crippen LogP contribution in [0.5, 0.6) is 0 Å². The predicted molar refractivity (Wildman–Crippen MR) is 83.0 cm³/mol. The van der Waals surface area contributed by atoms with Gasteiger partial charge in [0.1, 0.15) is 0 Å².